The fraction of sp³-hybridized carbons (Fsp3) is 0.375. The topological polar surface area (TPSA) is 9.23 Å². The third-order valence-corrected chi connectivity index (χ3v) is 7.19. The normalized spacial score (nSPS) is 18.1. The molecule has 4 rings (SSSR count). The standard InChI is InChI=1S/C32H35F3O/c1-3-5-7-8-22-10-19-30(36-21-22)26-16-17-27(29(33)20-26)23-11-13-24(14-12-23)28-18-15-25(9-6-4-2)31(34)32(28)35/h4,6,11-18,20,22,30H,3,5,7-10,19,21H2,1-2H3. The number of allylic oxidation sites excluding steroid dienone is 2. The van der Waals surface area contributed by atoms with Gasteiger partial charge in [0, 0.05) is 11.1 Å². The minimum atomic E-state index is -0.861. The SMILES string of the molecule is CC=CCc1ccc(-c2ccc(-c3ccc(C4CCC(CCCCC)CO4)cc3F)cc2)c(F)c1F. The van der Waals surface area contributed by atoms with Gasteiger partial charge in [-0.2, -0.15) is 0 Å². The monoisotopic (exact) mass is 492 g/mol. The van der Waals surface area contributed by atoms with Gasteiger partial charge in [0.2, 0.25) is 0 Å². The molecule has 1 heterocycles. The zero-order chi connectivity index (χ0) is 25.5. The van der Waals surface area contributed by atoms with Crippen LogP contribution >= 0.6 is 0 Å². The first-order valence-corrected chi connectivity index (χ1v) is 13.1. The van der Waals surface area contributed by atoms with Crippen molar-refractivity contribution in [2.75, 3.05) is 6.61 Å². The number of hydrogen-bond acceptors (Lipinski definition) is 1. The van der Waals surface area contributed by atoms with Gasteiger partial charge in [-0.05, 0) is 66.8 Å². The second-order valence-corrected chi connectivity index (χ2v) is 9.75. The van der Waals surface area contributed by atoms with Crippen LogP contribution in [0.15, 0.2) is 66.7 Å². The van der Waals surface area contributed by atoms with Crippen LogP contribution in [0, 0.1) is 23.4 Å². The highest BCUT2D eigenvalue weighted by atomic mass is 19.2. The Hall–Kier alpha value is -2.85. The lowest BCUT2D eigenvalue weighted by molar-refractivity contribution is -0.0200. The van der Waals surface area contributed by atoms with E-state index >= 15 is 4.39 Å². The van der Waals surface area contributed by atoms with Crippen molar-refractivity contribution in [1.82, 2.24) is 0 Å². The van der Waals surface area contributed by atoms with E-state index < -0.39 is 11.6 Å². The van der Waals surface area contributed by atoms with Gasteiger partial charge in [0.15, 0.2) is 11.6 Å². The minimum absolute atomic E-state index is 0.0630. The molecular formula is C32H35F3O. The van der Waals surface area contributed by atoms with E-state index in [1.165, 1.54) is 25.7 Å². The van der Waals surface area contributed by atoms with Crippen molar-refractivity contribution >= 4 is 0 Å². The molecular weight excluding hydrogens is 457 g/mol. The molecule has 0 aromatic heterocycles. The van der Waals surface area contributed by atoms with Crippen LogP contribution in [0.2, 0.25) is 0 Å². The molecule has 1 aliphatic heterocycles. The van der Waals surface area contributed by atoms with Crippen LogP contribution in [0.3, 0.4) is 0 Å². The summed E-state index contributed by atoms with van der Waals surface area (Å²) in [5, 5.41) is 0. The maximum absolute atomic E-state index is 15.1. The molecule has 2 unspecified atom stereocenters. The van der Waals surface area contributed by atoms with Gasteiger partial charge in [0.1, 0.15) is 5.82 Å². The number of benzene rings is 3. The first kappa shape index (κ1) is 26.2. The van der Waals surface area contributed by atoms with Crippen LogP contribution in [-0.4, -0.2) is 6.61 Å². The Labute approximate surface area is 213 Å². The molecule has 4 heteroatoms. The highest BCUT2D eigenvalue weighted by Gasteiger charge is 2.23. The fourth-order valence-electron chi connectivity index (χ4n) is 4.99. The van der Waals surface area contributed by atoms with Crippen LogP contribution in [0.1, 0.15) is 69.6 Å². The highest BCUT2D eigenvalue weighted by molar-refractivity contribution is 5.71. The molecule has 0 spiro atoms. The predicted molar refractivity (Wildman–Crippen MR) is 141 cm³/mol. The summed E-state index contributed by atoms with van der Waals surface area (Å²) in [6.45, 7) is 4.80. The summed E-state index contributed by atoms with van der Waals surface area (Å²) >= 11 is 0. The maximum atomic E-state index is 15.1. The largest absolute Gasteiger partial charge is 0.373 e. The first-order valence-electron chi connectivity index (χ1n) is 13.1. The number of ether oxygens (including phenoxy) is 1. The van der Waals surface area contributed by atoms with Crippen molar-refractivity contribution < 1.29 is 17.9 Å². The maximum Gasteiger partial charge on any atom is 0.166 e. The summed E-state index contributed by atoms with van der Waals surface area (Å²) in [6.07, 6.45) is 10.9. The van der Waals surface area contributed by atoms with Crippen molar-refractivity contribution in [3.63, 3.8) is 0 Å². The first-order chi connectivity index (χ1) is 17.5. The molecule has 0 N–H and O–H groups in total. The predicted octanol–water partition coefficient (Wildman–Crippen LogP) is 9.60. The summed E-state index contributed by atoms with van der Waals surface area (Å²) in [5.41, 5.74) is 3.11. The molecule has 0 radical (unpaired) electrons. The molecule has 1 fully saturated rings. The summed E-state index contributed by atoms with van der Waals surface area (Å²) in [5.74, 6) is -1.38. The van der Waals surface area contributed by atoms with E-state index in [2.05, 4.69) is 6.92 Å². The highest BCUT2D eigenvalue weighted by Crippen LogP contribution is 2.35. The molecule has 1 nitrogen and oxygen atoms in total. The quantitative estimate of drug-likeness (QED) is 0.213. The van der Waals surface area contributed by atoms with Gasteiger partial charge in [0.25, 0.3) is 0 Å². The van der Waals surface area contributed by atoms with Gasteiger partial charge < -0.3 is 4.74 Å². The van der Waals surface area contributed by atoms with Crippen LogP contribution in [0.5, 0.6) is 0 Å². The summed E-state index contributed by atoms with van der Waals surface area (Å²) in [6, 6.07) is 15.4. The van der Waals surface area contributed by atoms with Crippen molar-refractivity contribution in [2.24, 2.45) is 5.92 Å². The number of halogens is 3. The van der Waals surface area contributed by atoms with E-state index in [-0.39, 0.29) is 17.5 Å². The van der Waals surface area contributed by atoms with Gasteiger partial charge in [-0.1, -0.05) is 86.9 Å². The molecule has 0 saturated carbocycles. The van der Waals surface area contributed by atoms with Crippen LogP contribution in [-0.2, 0) is 11.2 Å². The second kappa shape index (κ2) is 12.4. The zero-order valence-electron chi connectivity index (χ0n) is 21.2. The molecule has 1 saturated heterocycles. The summed E-state index contributed by atoms with van der Waals surface area (Å²) in [7, 11) is 0. The molecule has 3 aromatic carbocycles. The molecule has 3 aromatic rings. The van der Waals surface area contributed by atoms with Gasteiger partial charge in [-0.25, -0.2) is 13.2 Å². The van der Waals surface area contributed by atoms with E-state index in [9.17, 15) is 8.78 Å². The van der Waals surface area contributed by atoms with Crippen LogP contribution in [0.4, 0.5) is 13.2 Å². The Morgan fingerprint density at radius 2 is 1.58 bits per heavy atom. The second-order valence-electron chi connectivity index (χ2n) is 9.75. The van der Waals surface area contributed by atoms with Crippen molar-refractivity contribution in [3.05, 3.63) is 95.3 Å². The molecule has 0 bridgehead atoms. The van der Waals surface area contributed by atoms with E-state index in [4.69, 9.17) is 4.74 Å². The summed E-state index contributed by atoms with van der Waals surface area (Å²) in [4.78, 5) is 0. The molecule has 0 aliphatic carbocycles. The minimum Gasteiger partial charge on any atom is -0.373 e. The number of unbranched alkanes of at least 4 members (excludes halogenated alkanes) is 2. The van der Waals surface area contributed by atoms with Gasteiger partial charge in [0.05, 0.1) is 12.7 Å². The van der Waals surface area contributed by atoms with Gasteiger partial charge in [-0.3, -0.25) is 0 Å². The van der Waals surface area contributed by atoms with E-state index in [1.807, 2.05) is 19.1 Å². The average molecular weight is 493 g/mol. The molecule has 0 amide bonds. The smallest absolute Gasteiger partial charge is 0.166 e. The zero-order valence-corrected chi connectivity index (χ0v) is 21.2. The van der Waals surface area contributed by atoms with Crippen molar-refractivity contribution in [1.29, 1.82) is 0 Å². The Kier molecular flexibility index (Phi) is 9.03. The van der Waals surface area contributed by atoms with E-state index in [1.54, 1.807) is 54.6 Å². The fourth-order valence-corrected chi connectivity index (χ4v) is 4.99. The van der Waals surface area contributed by atoms with E-state index in [0.717, 1.165) is 25.0 Å². The van der Waals surface area contributed by atoms with Crippen LogP contribution in [0.25, 0.3) is 22.3 Å². The third-order valence-electron chi connectivity index (χ3n) is 7.19. The Morgan fingerprint density at radius 1 is 0.861 bits per heavy atom. The number of rotatable bonds is 9. The van der Waals surface area contributed by atoms with Gasteiger partial charge >= 0.3 is 0 Å². The van der Waals surface area contributed by atoms with Crippen molar-refractivity contribution in [2.45, 2.75) is 64.9 Å². The van der Waals surface area contributed by atoms with Gasteiger partial charge in [-0.15, -0.1) is 0 Å². The lowest BCUT2D eigenvalue weighted by atomic mass is 9.90. The summed E-state index contributed by atoms with van der Waals surface area (Å²) < 4.78 is 50.4. The molecule has 2 atom stereocenters. The Bertz CT molecular complexity index is 1170. The molecule has 1 aliphatic rings. The number of hydrogen-bond donors (Lipinski definition) is 0. The van der Waals surface area contributed by atoms with Crippen LogP contribution < -0.4 is 0 Å². The third kappa shape index (κ3) is 6.10. The Balaban J connectivity index is 1.45. The lowest BCUT2D eigenvalue weighted by Gasteiger charge is -2.29. The average Bonchev–Trinajstić information content (AvgIpc) is 2.90. The van der Waals surface area contributed by atoms with Crippen molar-refractivity contribution in [3.8, 4) is 22.3 Å². The van der Waals surface area contributed by atoms with E-state index in [0.29, 0.717) is 34.6 Å². The molecule has 190 valence electrons. The lowest BCUT2D eigenvalue weighted by Crippen LogP contribution is -2.20. The Morgan fingerprint density at radius 3 is 2.22 bits per heavy atom. The molecule has 36 heavy (non-hydrogen) atoms.